The van der Waals surface area contributed by atoms with Crippen molar-refractivity contribution in [2.45, 2.75) is 83.8 Å². The summed E-state index contributed by atoms with van der Waals surface area (Å²) in [6.45, 7) is 5.97. The standard InChI is InChI=1S/C19H32O8/c1-5-8-15(20)24-11-14-12(2)13(3)17(18(23-4)25-14)27-19(22)10-7-6-9-16(21)26-19/h12-14,17-18,22H,5-11H2,1-4H3/t12-,13-,14?,17?,18+,19?/m0/s1. The Morgan fingerprint density at radius 2 is 2.04 bits per heavy atom. The normalized spacial score (nSPS) is 37.4. The minimum absolute atomic E-state index is 0.0269. The van der Waals surface area contributed by atoms with E-state index in [9.17, 15) is 14.7 Å². The van der Waals surface area contributed by atoms with Gasteiger partial charge in [-0.2, -0.15) is 0 Å². The van der Waals surface area contributed by atoms with Crippen LogP contribution in [0.15, 0.2) is 0 Å². The van der Waals surface area contributed by atoms with Gasteiger partial charge in [-0.1, -0.05) is 20.8 Å². The van der Waals surface area contributed by atoms with Crippen LogP contribution in [0.3, 0.4) is 0 Å². The van der Waals surface area contributed by atoms with Gasteiger partial charge < -0.3 is 28.8 Å². The van der Waals surface area contributed by atoms with Crippen molar-refractivity contribution in [3.8, 4) is 0 Å². The van der Waals surface area contributed by atoms with Crippen LogP contribution in [0, 0.1) is 11.8 Å². The number of esters is 2. The van der Waals surface area contributed by atoms with Crippen LogP contribution in [-0.4, -0.2) is 55.2 Å². The van der Waals surface area contributed by atoms with Crippen molar-refractivity contribution in [2.24, 2.45) is 11.8 Å². The lowest BCUT2D eigenvalue weighted by Gasteiger charge is -2.45. The Kier molecular flexibility index (Phi) is 8.03. The molecule has 2 saturated heterocycles. The van der Waals surface area contributed by atoms with E-state index < -0.39 is 24.3 Å². The Balaban J connectivity index is 2.03. The van der Waals surface area contributed by atoms with Crippen LogP contribution < -0.4 is 0 Å². The Labute approximate surface area is 160 Å². The highest BCUT2D eigenvalue weighted by Gasteiger charge is 2.48. The Hall–Kier alpha value is -1.22. The Bertz CT molecular complexity index is 508. The molecule has 0 saturated carbocycles. The van der Waals surface area contributed by atoms with Gasteiger partial charge in [0.25, 0.3) is 0 Å². The van der Waals surface area contributed by atoms with Crippen LogP contribution in [0.5, 0.6) is 0 Å². The number of methoxy groups -OCH3 is 1. The summed E-state index contributed by atoms with van der Waals surface area (Å²) in [7, 11) is 1.48. The van der Waals surface area contributed by atoms with Gasteiger partial charge in [-0.15, -0.1) is 0 Å². The number of carbonyl (C=O) groups is 2. The van der Waals surface area contributed by atoms with Crippen LogP contribution in [-0.2, 0) is 33.3 Å². The molecular formula is C19H32O8. The zero-order valence-corrected chi connectivity index (χ0v) is 16.6. The molecule has 27 heavy (non-hydrogen) atoms. The van der Waals surface area contributed by atoms with Crippen LogP contribution in [0.1, 0.15) is 59.3 Å². The van der Waals surface area contributed by atoms with Gasteiger partial charge in [0, 0.05) is 26.4 Å². The van der Waals surface area contributed by atoms with Crippen molar-refractivity contribution in [2.75, 3.05) is 13.7 Å². The molecule has 0 aromatic heterocycles. The molecule has 8 heteroatoms. The summed E-state index contributed by atoms with van der Waals surface area (Å²) in [5, 5.41) is 10.6. The van der Waals surface area contributed by atoms with Crippen molar-refractivity contribution in [1.82, 2.24) is 0 Å². The zero-order chi connectivity index (χ0) is 20.0. The smallest absolute Gasteiger partial charge is 0.327 e. The topological polar surface area (TPSA) is 101 Å². The van der Waals surface area contributed by atoms with Crippen LogP contribution in [0.2, 0.25) is 0 Å². The van der Waals surface area contributed by atoms with E-state index in [-0.39, 0.29) is 43.4 Å². The number of carbonyl (C=O) groups excluding carboxylic acids is 2. The van der Waals surface area contributed by atoms with Crippen LogP contribution in [0.25, 0.3) is 0 Å². The first-order valence-corrected chi connectivity index (χ1v) is 9.75. The van der Waals surface area contributed by atoms with E-state index in [2.05, 4.69) is 0 Å². The molecule has 0 aromatic carbocycles. The van der Waals surface area contributed by atoms with Gasteiger partial charge in [0.2, 0.25) is 0 Å². The van der Waals surface area contributed by atoms with Crippen molar-refractivity contribution in [3.63, 3.8) is 0 Å². The summed E-state index contributed by atoms with van der Waals surface area (Å²) < 4.78 is 27.6. The maximum Gasteiger partial charge on any atom is 0.327 e. The number of aliphatic hydroxyl groups is 1. The van der Waals surface area contributed by atoms with E-state index in [1.807, 2.05) is 20.8 Å². The first kappa shape index (κ1) is 22.1. The van der Waals surface area contributed by atoms with Gasteiger partial charge in [-0.3, -0.25) is 9.59 Å². The van der Waals surface area contributed by atoms with Crippen molar-refractivity contribution in [1.29, 1.82) is 0 Å². The lowest BCUT2D eigenvalue weighted by Crippen LogP contribution is -2.56. The lowest BCUT2D eigenvalue weighted by atomic mass is 9.83. The molecule has 0 bridgehead atoms. The highest BCUT2D eigenvalue weighted by molar-refractivity contribution is 5.70. The molecule has 2 heterocycles. The van der Waals surface area contributed by atoms with Crippen LogP contribution >= 0.6 is 0 Å². The van der Waals surface area contributed by atoms with Gasteiger partial charge >= 0.3 is 17.9 Å². The monoisotopic (exact) mass is 388 g/mol. The fourth-order valence-corrected chi connectivity index (χ4v) is 3.45. The Morgan fingerprint density at radius 1 is 1.30 bits per heavy atom. The molecule has 2 fully saturated rings. The van der Waals surface area contributed by atoms with Gasteiger partial charge in [0.05, 0.1) is 6.10 Å². The van der Waals surface area contributed by atoms with Gasteiger partial charge in [0.15, 0.2) is 6.29 Å². The van der Waals surface area contributed by atoms with Crippen LogP contribution in [0.4, 0.5) is 0 Å². The zero-order valence-electron chi connectivity index (χ0n) is 16.6. The molecule has 0 spiro atoms. The van der Waals surface area contributed by atoms with E-state index in [0.717, 1.165) is 6.42 Å². The quantitative estimate of drug-likeness (QED) is 0.523. The highest BCUT2D eigenvalue weighted by Crippen LogP contribution is 2.37. The summed E-state index contributed by atoms with van der Waals surface area (Å²) in [4.78, 5) is 23.4. The number of ether oxygens (including phenoxy) is 5. The van der Waals surface area contributed by atoms with Gasteiger partial charge in [0.1, 0.15) is 12.7 Å². The first-order valence-electron chi connectivity index (χ1n) is 9.75. The molecule has 1 N–H and O–H groups in total. The van der Waals surface area contributed by atoms with E-state index in [1.54, 1.807) is 0 Å². The molecule has 0 aromatic rings. The summed E-state index contributed by atoms with van der Waals surface area (Å²) in [5.41, 5.74) is 0. The third-order valence-electron chi connectivity index (χ3n) is 5.32. The van der Waals surface area contributed by atoms with E-state index in [4.69, 9.17) is 23.7 Å². The molecule has 156 valence electrons. The second-order valence-corrected chi connectivity index (χ2v) is 7.41. The molecule has 0 aliphatic carbocycles. The SMILES string of the molecule is CCCC(=O)OCC1O[C@@H](OC)C(OC2(O)CCCCC(=O)O2)[C@@H](C)[C@@H]1C. The fraction of sp³-hybridized carbons (Fsp3) is 0.895. The van der Waals surface area contributed by atoms with E-state index >= 15 is 0 Å². The average Bonchev–Trinajstić information content (AvgIpc) is 2.79. The maximum atomic E-state index is 11.7. The van der Waals surface area contributed by atoms with Gasteiger partial charge in [-0.05, 0) is 31.1 Å². The highest BCUT2D eigenvalue weighted by atomic mass is 16.8. The fourth-order valence-electron chi connectivity index (χ4n) is 3.45. The van der Waals surface area contributed by atoms with Crippen molar-refractivity contribution < 1.29 is 38.4 Å². The molecule has 3 unspecified atom stereocenters. The van der Waals surface area contributed by atoms with E-state index in [0.29, 0.717) is 19.3 Å². The second-order valence-electron chi connectivity index (χ2n) is 7.41. The maximum absolute atomic E-state index is 11.7. The average molecular weight is 388 g/mol. The largest absolute Gasteiger partial charge is 0.463 e. The summed E-state index contributed by atoms with van der Waals surface area (Å²) in [6.07, 6.45) is 1.06. The summed E-state index contributed by atoms with van der Waals surface area (Å²) >= 11 is 0. The number of cyclic esters (lactones) is 1. The van der Waals surface area contributed by atoms with Crippen molar-refractivity contribution >= 4 is 11.9 Å². The predicted octanol–water partition coefficient (Wildman–Crippen LogP) is 2.12. The first-order chi connectivity index (χ1) is 12.8. The minimum Gasteiger partial charge on any atom is -0.463 e. The predicted molar refractivity (Wildman–Crippen MR) is 94.2 cm³/mol. The second kappa shape index (κ2) is 9.82. The third-order valence-corrected chi connectivity index (χ3v) is 5.32. The molecule has 2 rings (SSSR count). The molecule has 2 aliphatic heterocycles. The lowest BCUT2D eigenvalue weighted by molar-refractivity contribution is -0.398. The molecule has 2 aliphatic rings. The van der Waals surface area contributed by atoms with Gasteiger partial charge in [-0.25, -0.2) is 0 Å². The number of rotatable bonds is 7. The summed E-state index contributed by atoms with van der Waals surface area (Å²) in [5.74, 6) is -2.84. The Morgan fingerprint density at radius 3 is 2.70 bits per heavy atom. The third kappa shape index (κ3) is 5.88. The number of hydrogen-bond donors (Lipinski definition) is 1. The molecule has 0 radical (unpaired) electrons. The molecule has 0 amide bonds. The molecule has 8 nitrogen and oxygen atoms in total. The molecule has 6 atom stereocenters. The minimum atomic E-state index is -1.98. The molecular weight excluding hydrogens is 356 g/mol. The summed E-state index contributed by atoms with van der Waals surface area (Å²) in [6, 6.07) is 0. The number of hydrogen-bond acceptors (Lipinski definition) is 8. The van der Waals surface area contributed by atoms with E-state index in [1.165, 1.54) is 7.11 Å². The van der Waals surface area contributed by atoms with Crippen molar-refractivity contribution in [3.05, 3.63) is 0 Å².